The van der Waals surface area contributed by atoms with E-state index < -0.39 is 5.97 Å². The molecule has 0 bridgehead atoms. The average molecular weight is 262 g/mol. The van der Waals surface area contributed by atoms with Gasteiger partial charge in [0.2, 0.25) is 0 Å². The van der Waals surface area contributed by atoms with E-state index in [4.69, 9.17) is 5.11 Å². The third kappa shape index (κ3) is 4.83. The van der Waals surface area contributed by atoms with Gasteiger partial charge in [-0.25, -0.2) is 9.59 Å². The van der Waals surface area contributed by atoms with Crippen molar-refractivity contribution >= 4 is 12.0 Å². The molecule has 1 aromatic carbocycles. The van der Waals surface area contributed by atoms with Gasteiger partial charge in [0.05, 0.1) is 5.56 Å². The number of carbonyl (C=O) groups is 2. The van der Waals surface area contributed by atoms with Crippen LogP contribution in [0, 0.1) is 0 Å². The molecule has 5 nitrogen and oxygen atoms in total. The number of nitrogens with zero attached hydrogens (tertiary/aromatic N) is 1. The van der Waals surface area contributed by atoms with Crippen molar-refractivity contribution in [3.8, 4) is 0 Å². The van der Waals surface area contributed by atoms with Crippen molar-refractivity contribution in [1.29, 1.82) is 0 Å². The number of aromatic carboxylic acids is 1. The third-order valence-electron chi connectivity index (χ3n) is 2.61. The second kappa shape index (κ2) is 7.20. The molecule has 0 heterocycles. The number of amides is 2. The van der Waals surface area contributed by atoms with E-state index in [0.29, 0.717) is 19.5 Å². The van der Waals surface area contributed by atoms with E-state index in [1.54, 1.807) is 31.3 Å². The zero-order chi connectivity index (χ0) is 14.3. The molecule has 0 aliphatic rings. The number of nitrogens with one attached hydrogen (secondary N) is 1. The van der Waals surface area contributed by atoms with Crippen LogP contribution in [-0.2, 0) is 6.42 Å². The Balaban J connectivity index is 2.45. The molecule has 0 unspecified atom stereocenters. The lowest BCUT2D eigenvalue weighted by molar-refractivity contribution is 0.0696. The lowest BCUT2D eigenvalue weighted by Crippen LogP contribution is -2.38. The highest BCUT2D eigenvalue weighted by Crippen LogP contribution is 2.05. The van der Waals surface area contributed by atoms with Crippen LogP contribution in [0.5, 0.6) is 0 Å². The van der Waals surface area contributed by atoms with E-state index in [0.717, 1.165) is 5.56 Å². The summed E-state index contributed by atoms with van der Waals surface area (Å²) >= 11 is 0. The molecule has 5 heteroatoms. The normalized spacial score (nSPS) is 9.74. The van der Waals surface area contributed by atoms with Crippen LogP contribution in [0.4, 0.5) is 4.79 Å². The van der Waals surface area contributed by atoms with Crippen LogP contribution in [0.1, 0.15) is 15.9 Å². The predicted octanol–water partition coefficient (Wildman–Crippen LogP) is 1.75. The number of carboxylic acid groups (broad SMARTS) is 1. The number of rotatable bonds is 6. The fourth-order valence-corrected chi connectivity index (χ4v) is 1.59. The first-order valence-corrected chi connectivity index (χ1v) is 5.96. The number of benzene rings is 1. The maximum Gasteiger partial charge on any atom is 0.335 e. The number of urea groups is 1. The fraction of sp³-hybridized carbons (Fsp3) is 0.286. The SMILES string of the molecule is C=CCN(C)C(=O)NCCc1cccc(C(=O)O)c1. The molecule has 1 rings (SSSR count). The third-order valence-corrected chi connectivity index (χ3v) is 2.61. The van der Waals surface area contributed by atoms with Gasteiger partial charge in [-0.05, 0) is 24.1 Å². The maximum atomic E-state index is 11.6. The Bertz CT molecular complexity index is 472. The Morgan fingerprint density at radius 3 is 2.84 bits per heavy atom. The van der Waals surface area contributed by atoms with E-state index in [1.165, 1.54) is 4.90 Å². The lowest BCUT2D eigenvalue weighted by Gasteiger charge is -2.15. The summed E-state index contributed by atoms with van der Waals surface area (Å²) in [5.74, 6) is -0.948. The van der Waals surface area contributed by atoms with Gasteiger partial charge in [0, 0.05) is 20.1 Å². The first kappa shape index (κ1) is 14.8. The Morgan fingerprint density at radius 1 is 1.47 bits per heavy atom. The second-order valence-corrected chi connectivity index (χ2v) is 4.16. The van der Waals surface area contributed by atoms with E-state index in [2.05, 4.69) is 11.9 Å². The highest BCUT2D eigenvalue weighted by atomic mass is 16.4. The Kier molecular flexibility index (Phi) is 5.60. The van der Waals surface area contributed by atoms with Crippen molar-refractivity contribution in [1.82, 2.24) is 10.2 Å². The maximum absolute atomic E-state index is 11.6. The first-order valence-electron chi connectivity index (χ1n) is 5.96. The van der Waals surface area contributed by atoms with Crippen molar-refractivity contribution in [3.05, 3.63) is 48.0 Å². The summed E-state index contributed by atoms with van der Waals surface area (Å²) in [6, 6.07) is 6.52. The Morgan fingerprint density at radius 2 is 2.21 bits per heavy atom. The van der Waals surface area contributed by atoms with Crippen LogP contribution in [0.15, 0.2) is 36.9 Å². The zero-order valence-corrected chi connectivity index (χ0v) is 10.9. The summed E-state index contributed by atoms with van der Waals surface area (Å²) in [7, 11) is 1.68. The van der Waals surface area contributed by atoms with Crippen LogP contribution in [0.25, 0.3) is 0 Å². The molecular formula is C14H18N2O3. The van der Waals surface area contributed by atoms with Crippen LogP contribution in [0.3, 0.4) is 0 Å². The molecule has 0 aliphatic carbocycles. The molecule has 0 saturated carbocycles. The summed E-state index contributed by atoms with van der Waals surface area (Å²) in [6.45, 7) is 4.51. The molecule has 0 atom stereocenters. The summed E-state index contributed by atoms with van der Waals surface area (Å²) in [5, 5.41) is 11.6. The first-order chi connectivity index (χ1) is 9.04. The van der Waals surface area contributed by atoms with E-state index in [-0.39, 0.29) is 11.6 Å². The van der Waals surface area contributed by atoms with Gasteiger partial charge in [0.1, 0.15) is 0 Å². The Hall–Kier alpha value is -2.30. The molecule has 2 amide bonds. The average Bonchev–Trinajstić information content (AvgIpc) is 2.39. The van der Waals surface area contributed by atoms with Gasteiger partial charge >= 0.3 is 12.0 Å². The van der Waals surface area contributed by atoms with E-state index >= 15 is 0 Å². The molecule has 19 heavy (non-hydrogen) atoms. The van der Waals surface area contributed by atoms with E-state index in [1.807, 2.05) is 6.07 Å². The second-order valence-electron chi connectivity index (χ2n) is 4.16. The number of carboxylic acids is 1. The fourth-order valence-electron chi connectivity index (χ4n) is 1.59. The van der Waals surface area contributed by atoms with Crippen LogP contribution in [-0.4, -0.2) is 42.1 Å². The van der Waals surface area contributed by atoms with E-state index in [9.17, 15) is 9.59 Å². The van der Waals surface area contributed by atoms with Gasteiger partial charge in [-0.3, -0.25) is 0 Å². The van der Waals surface area contributed by atoms with Gasteiger partial charge in [-0.15, -0.1) is 6.58 Å². The standard InChI is InChI=1S/C14H18N2O3/c1-3-9-16(2)14(19)15-8-7-11-5-4-6-12(10-11)13(17)18/h3-6,10H,1,7-9H2,2H3,(H,15,19)(H,17,18). The summed E-state index contributed by atoms with van der Waals surface area (Å²) < 4.78 is 0. The molecule has 0 aromatic heterocycles. The minimum Gasteiger partial charge on any atom is -0.478 e. The molecule has 0 aliphatic heterocycles. The summed E-state index contributed by atoms with van der Waals surface area (Å²) in [4.78, 5) is 23.9. The summed E-state index contributed by atoms with van der Waals surface area (Å²) in [6.07, 6.45) is 2.24. The molecule has 0 spiro atoms. The zero-order valence-electron chi connectivity index (χ0n) is 10.9. The van der Waals surface area contributed by atoms with Crippen LogP contribution < -0.4 is 5.32 Å². The van der Waals surface area contributed by atoms with Gasteiger partial charge in [-0.2, -0.15) is 0 Å². The highest BCUT2D eigenvalue weighted by molar-refractivity contribution is 5.87. The quantitative estimate of drug-likeness (QED) is 0.767. The van der Waals surface area contributed by atoms with Gasteiger partial charge in [-0.1, -0.05) is 18.2 Å². The molecule has 0 saturated heterocycles. The summed E-state index contributed by atoms with van der Waals surface area (Å²) in [5.41, 5.74) is 1.14. The molecule has 1 aromatic rings. The van der Waals surface area contributed by atoms with Crippen molar-refractivity contribution in [2.24, 2.45) is 0 Å². The highest BCUT2D eigenvalue weighted by Gasteiger charge is 2.06. The topological polar surface area (TPSA) is 69.6 Å². The number of likely N-dealkylation sites (N-methyl/N-ethyl adjacent to an activating group) is 1. The van der Waals surface area contributed by atoms with Crippen molar-refractivity contribution in [2.75, 3.05) is 20.1 Å². The molecule has 102 valence electrons. The van der Waals surface area contributed by atoms with Crippen molar-refractivity contribution < 1.29 is 14.7 Å². The van der Waals surface area contributed by atoms with Crippen LogP contribution in [0.2, 0.25) is 0 Å². The number of hydrogen-bond acceptors (Lipinski definition) is 2. The smallest absolute Gasteiger partial charge is 0.335 e. The number of carbonyl (C=O) groups excluding carboxylic acids is 1. The molecular weight excluding hydrogens is 244 g/mol. The van der Waals surface area contributed by atoms with Gasteiger partial charge in [0.25, 0.3) is 0 Å². The van der Waals surface area contributed by atoms with Crippen molar-refractivity contribution in [3.63, 3.8) is 0 Å². The van der Waals surface area contributed by atoms with Crippen LogP contribution >= 0.6 is 0 Å². The van der Waals surface area contributed by atoms with Gasteiger partial charge < -0.3 is 15.3 Å². The molecule has 2 N–H and O–H groups in total. The molecule has 0 fully saturated rings. The van der Waals surface area contributed by atoms with Crippen molar-refractivity contribution in [2.45, 2.75) is 6.42 Å². The minimum absolute atomic E-state index is 0.172. The molecule has 0 radical (unpaired) electrons. The predicted molar refractivity (Wildman–Crippen MR) is 73.3 cm³/mol. The van der Waals surface area contributed by atoms with Gasteiger partial charge in [0.15, 0.2) is 0 Å². The Labute approximate surface area is 112 Å². The monoisotopic (exact) mass is 262 g/mol. The number of hydrogen-bond donors (Lipinski definition) is 2. The minimum atomic E-state index is -0.948. The largest absolute Gasteiger partial charge is 0.478 e. The lowest BCUT2D eigenvalue weighted by atomic mass is 10.1.